The number of rotatable bonds is 2. The molecule has 0 spiro atoms. The minimum absolute atomic E-state index is 0.571. The molecule has 0 radical (unpaired) electrons. The predicted octanol–water partition coefficient (Wildman–Crippen LogP) is 14.2. The van der Waals surface area contributed by atoms with Crippen LogP contribution >= 0.6 is 0 Å². The van der Waals surface area contributed by atoms with E-state index in [1.54, 1.807) is 0 Å². The third-order valence-electron chi connectivity index (χ3n) is 11.5. The Morgan fingerprint density at radius 1 is 0.426 bits per heavy atom. The zero-order valence-electron chi connectivity index (χ0n) is 28.6. The highest BCUT2D eigenvalue weighted by Gasteiger charge is 2.25. The lowest BCUT2D eigenvalue weighted by molar-refractivity contribution is 0.487. The minimum Gasteiger partial charge on any atom is -0.456 e. The van der Waals surface area contributed by atoms with E-state index in [0.29, 0.717) is 11.3 Å². The predicted molar refractivity (Wildman–Crippen MR) is 218 cm³/mol. The Labute approximate surface area is 309 Å². The number of hydrogen-bond acceptors (Lipinski definition) is 3. The van der Waals surface area contributed by atoms with E-state index in [-0.39, 0.29) is 0 Å². The van der Waals surface area contributed by atoms with E-state index < -0.39 is 0 Å². The molecule has 0 saturated heterocycles. The summed E-state index contributed by atoms with van der Waals surface area (Å²) in [7, 11) is 0. The largest absolute Gasteiger partial charge is 0.456 e. The highest BCUT2D eigenvalue weighted by atomic mass is 16.5. The normalized spacial score (nSPS) is 12.3. The van der Waals surface area contributed by atoms with Gasteiger partial charge in [-0.2, -0.15) is 5.26 Å². The van der Waals surface area contributed by atoms with E-state index >= 15 is 0 Å². The first-order chi connectivity index (χ1) is 26.7. The molecule has 12 rings (SSSR count). The van der Waals surface area contributed by atoms with E-state index in [9.17, 15) is 5.26 Å². The lowest BCUT2D eigenvalue weighted by atomic mass is 9.83. The van der Waals surface area contributed by atoms with Crippen LogP contribution in [0, 0.1) is 17.9 Å². The molecule has 2 aliphatic heterocycles. The van der Waals surface area contributed by atoms with Crippen molar-refractivity contribution in [1.29, 1.82) is 5.26 Å². The van der Waals surface area contributed by atoms with E-state index in [1.165, 1.54) is 0 Å². The average molecular weight is 685 g/mol. The van der Waals surface area contributed by atoms with Gasteiger partial charge in [-0.25, -0.2) is 4.85 Å². The summed E-state index contributed by atoms with van der Waals surface area (Å²) in [6.45, 7) is 8.31. The molecular weight excluding hydrogens is 661 g/mol. The molecule has 0 unspecified atom stereocenters. The van der Waals surface area contributed by atoms with E-state index in [0.717, 1.165) is 121 Å². The molecule has 0 aromatic heterocycles. The Morgan fingerprint density at radius 2 is 1.06 bits per heavy atom. The SMILES string of the molecule is [C-]#[N+]c1cc(-c2ccc3c(c2)Oc2cccc4cccc-3c24)c2ccc3c(C#N)cc(-c4ccc5c6c(cccc46)-c4ccccc4O5)c4ccc1c2c34. The number of ether oxygens (including phenoxy) is 2. The maximum Gasteiger partial charge on any atom is 0.195 e. The fourth-order valence-corrected chi connectivity index (χ4v) is 9.17. The molecule has 0 saturated carbocycles. The minimum atomic E-state index is 0.571. The molecule has 2 heterocycles. The van der Waals surface area contributed by atoms with Crippen molar-refractivity contribution >= 4 is 59.5 Å². The molecule has 10 aromatic rings. The highest BCUT2D eigenvalue weighted by Crippen LogP contribution is 2.53. The van der Waals surface area contributed by atoms with Gasteiger partial charge in [-0.1, -0.05) is 103 Å². The summed E-state index contributed by atoms with van der Waals surface area (Å²) in [5.74, 6) is 3.30. The van der Waals surface area contributed by atoms with Crippen molar-refractivity contribution in [3.05, 3.63) is 163 Å². The molecule has 0 N–H and O–H groups in total. The van der Waals surface area contributed by atoms with Crippen LogP contribution in [0.2, 0.25) is 0 Å². The molecule has 0 fully saturated rings. The van der Waals surface area contributed by atoms with Crippen LogP contribution in [0.3, 0.4) is 0 Å². The smallest absolute Gasteiger partial charge is 0.195 e. The zero-order chi connectivity index (χ0) is 35.7. The van der Waals surface area contributed by atoms with Crippen molar-refractivity contribution < 1.29 is 9.47 Å². The Balaban J connectivity index is 1.12. The van der Waals surface area contributed by atoms with Gasteiger partial charge in [0.15, 0.2) is 5.69 Å². The molecule has 2 aliphatic rings. The summed E-state index contributed by atoms with van der Waals surface area (Å²) in [6, 6.07) is 52.5. The van der Waals surface area contributed by atoms with Gasteiger partial charge in [0.25, 0.3) is 0 Å². The van der Waals surface area contributed by atoms with Crippen LogP contribution in [0.15, 0.2) is 146 Å². The van der Waals surface area contributed by atoms with Crippen LogP contribution in [0.25, 0.3) is 103 Å². The maximum atomic E-state index is 10.6. The standard InChI is InChI=1S/C50H24N2O2/c1-52-42-25-40(28-15-16-33-35-10-4-7-27-8-5-14-44(47(27)35)54-46(33)24-28)37-18-17-30-29(26-51)23-41(38-19-20-39(42)50(37)49(30)38)31-21-22-45-48-34(31)11-6-12-36(48)32-9-2-3-13-43(32)53-45/h2-25H. The topological polar surface area (TPSA) is 46.6 Å². The second kappa shape index (κ2) is 10.5. The van der Waals surface area contributed by atoms with Gasteiger partial charge in [-0.15, -0.1) is 0 Å². The molecule has 0 bridgehead atoms. The lowest BCUT2D eigenvalue weighted by Gasteiger charge is -2.24. The van der Waals surface area contributed by atoms with Crippen LogP contribution in [-0.4, -0.2) is 0 Å². The third kappa shape index (κ3) is 3.73. The summed E-state index contributed by atoms with van der Waals surface area (Å²) in [5.41, 5.74) is 9.48. The number of nitrogens with zero attached hydrogens (tertiary/aromatic N) is 2. The first kappa shape index (κ1) is 29.0. The van der Waals surface area contributed by atoms with Gasteiger partial charge < -0.3 is 9.47 Å². The lowest BCUT2D eigenvalue weighted by Crippen LogP contribution is -1.98. The Bertz CT molecular complexity index is 3410. The van der Waals surface area contributed by atoms with Crippen LogP contribution in [0.4, 0.5) is 5.69 Å². The summed E-state index contributed by atoms with van der Waals surface area (Å²) in [5, 5.41) is 20.8. The molecule has 0 atom stereocenters. The molecular formula is C50H24N2O2. The van der Waals surface area contributed by atoms with Gasteiger partial charge >= 0.3 is 0 Å². The van der Waals surface area contributed by atoms with Gasteiger partial charge in [-0.05, 0) is 114 Å². The molecule has 4 nitrogen and oxygen atoms in total. The number of benzene rings is 10. The van der Waals surface area contributed by atoms with Gasteiger partial charge in [-0.3, -0.25) is 0 Å². The second-order valence-corrected chi connectivity index (χ2v) is 14.1. The van der Waals surface area contributed by atoms with E-state index in [4.69, 9.17) is 16.0 Å². The first-order valence-electron chi connectivity index (χ1n) is 17.9. The summed E-state index contributed by atoms with van der Waals surface area (Å²) in [6.07, 6.45) is 0. The maximum absolute atomic E-state index is 10.6. The molecule has 4 heteroatoms. The molecule has 246 valence electrons. The van der Waals surface area contributed by atoms with Crippen molar-refractivity contribution in [2.75, 3.05) is 0 Å². The second-order valence-electron chi connectivity index (χ2n) is 14.1. The summed E-state index contributed by atoms with van der Waals surface area (Å²) < 4.78 is 13.0. The Kier molecular flexibility index (Phi) is 5.61. The highest BCUT2D eigenvalue weighted by molar-refractivity contribution is 6.31. The molecule has 0 amide bonds. The van der Waals surface area contributed by atoms with Crippen molar-refractivity contribution in [3.63, 3.8) is 0 Å². The Morgan fingerprint density at radius 3 is 1.93 bits per heavy atom. The van der Waals surface area contributed by atoms with Crippen LogP contribution in [0.1, 0.15) is 5.56 Å². The van der Waals surface area contributed by atoms with Crippen LogP contribution in [0.5, 0.6) is 23.0 Å². The van der Waals surface area contributed by atoms with Gasteiger partial charge in [0.1, 0.15) is 23.0 Å². The van der Waals surface area contributed by atoms with Crippen LogP contribution < -0.4 is 9.47 Å². The van der Waals surface area contributed by atoms with E-state index in [2.05, 4.69) is 108 Å². The van der Waals surface area contributed by atoms with Gasteiger partial charge in [0.2, 0.25) is 0 Å². The number of fused-ring (bicyclic) bond motifs is 4. The fourth-order valence-electron chi connectivity index (χ4n) is 9.17. The zero-order valence-corrected chi connectivity index (χ0v) is 28.6. The van der Waals surface area contributed by atoms with Crippen molar-refractivity contribution in [2.24, 2.45) is 0 Å². The average Bonchev–Trinajstić information content (AvgIpc) is 3.22. The van der Waals surface area contributed by atoms with Gasteiger partial charge in [0, 0.05) is 27.3 Å². The molecule has 10 aromatic carbocycles. The fraction of sp³-hybridized carbons (Fsp3) is 0. The summed E-state index contributed by atoms with van der Waals surface area (Å²) in [4.78, 5) is 4.06. The van der Waals surface area contributed by atoms with Gasteiger partial charge in [0.05, 0.1) is 18.2 Å². The van der Waals surface area contributed by atoms with Crippen molar-refractivity contribution in [3.8, 4) is 73.6 Å². The first-order valence-corrected chi connectivity index (χ1v) is 17.9. The number of nitriles is 1. The van der Waals surface area contributed by atoms with Crippen molar-refractivity contribution in [1.82, 2.24) is 0 Å². The van der Waals surface area contributed by atoms with Crippen molar-refractivity contribution in [2.45, 2.75) is 0 Å². The Hall–Kier alpha value is -7.66. The van der Waals surface area contributed by atoms with E-state index in [1.807, 2.05) is 48.5 Å². The molecule has 54 heavy (non-hydrogen) atoms. The number of para-hydroxylation sites is 1. The number of hydrogen-bond donors (Lipinski definition) is 0. The third-order valence-corrected chi connectivity index (χ3v) is 11.5. The van der Waals surface area contributed by atoms with Crippen LogP contribution in [-0.2, 0) is 0 Å². The quantitative estimate of drug-likeness (QED) is 0.134. The monoisotopic (exact) mass is 684 g/mol. The molecule has 0 aliphatic carbocycles. The summed E-state index contributed by atoms with van der Waals surface area (Å²) >= 11 is 0.